The van der Waals surface area contributed by atoms with Crippen LogP contribution in [0.15, 0.2) is 30.6 Å². The summed E-state index contributed by atoms with van der Waals surface area (Å²) in [6, 6.07) is 4.03. The van der Waals surface area contributed by atoms with E-state index in [1.54, 1.807) is 17.1 Å². The Labute approximate surface area is 150 Å². The van der Waals surface area contributed by atoms with Crippen LogP contribution in [-0.4, -0.2) is 29.3 Å². The van der Waals surface area contributed by atoms with Gasteiger partial charge in [0.05, 0.1) is 19.3 Å². The minimum absolute atomic E-state index is 0. The molecule has 0 aliphatic heterocycles. The molecule has 0 saturated carbocycles. The molecule has 0 saturated heterocycles. The van der Waals surface area contributed by atoms with Crippen molar-refractivity contribution in [2.24, 2.45) is 11.7 Å². The number of nitrogens with zero attached hydrogens (tertiary/aromatic N) is 2. The van der Waals surface area contributed by atoms with Crippen molar-refractivity contribution in [3.05, 3.63) is 30.6 Å². The molecule has 0 atom stereocenters. The lowest BCUT2D eigenvalue weighted by atomic mass is 10.1. The lowest BCUT2D eigenvalue weighted by Gasteiger charge is -2.15. The van der Waals surface area contributed by atoms with Crippen LogP contribution in [0.2, 0.25) is 0 Å². The van der Waals surface area contributed by atoms with E-state index >= 15 is 0 Å². The van der Waals surface area contributed by atoms with Gasteiger partial charge in [0.25, 0.3) is 0 Å². The van der Waals surface area contributed by atoms with Crippen LogP contribution in [0.5, 0.6) is 11.5 Å². The molecule has 0 aliphatic carbocycles. The second-order valence-electron chi connectivity index (χ2n) is 5.69. The van der Waals surface area contributed by atoms with E-state index in [4.69, 9.17) is 10.5 Å². The number of hydrogen-bond donors (Lipinski definition) is 1. The van der Waals surface area contributed by atoms with E-state index in [1.807, 2.05) is 13.8 Å². The Kier molecular flexibility index (Phi) is 7.57. The second-order valence-corrected chi connectivity index (χ2v) is 5.69. The minimum atomic E-state index is -4.75. The molecule has 140 valence electrons. The minimum Gasteiger partial charge on any atom is -0.493 e. The molecular weight excluding hydrogens is 359 g/mol. The number of ether oxygens (including phenoxy) is 2. The van der Waals surface area contributed by atoms with Gasteiger partial charge in [-0.15, -0.1) is 25.6 Å². The number of nitrogens with two attached hydrogens (primary N) is 1. The van der Waals surface area contributed by atoms with Gasteiger partial charge in [-0.2, -0.15) is 5.10 Å². The fourth-order valence-corrected chi connectivity index (χ4v) is 2.07. The predicted octanol–water partition coefficient (Wildman–Crippen LogP) is 3.86. The van der Waals surface area contributed by atoms with E-state index in [2.05, 4.69) is 9.84 Å². The Morgan fingerprint density at radius 3 is 2.60 bits per heavy atom. The van der Waals surface area contributed by atoms with Gasteiger partial charge in [0.15, 0.2) is 0 Å². The van der Waals surface area contributed by atoms with Crippen LogP contribution in [0, 0.1) is 5.92 Å². The fourth-order valence-electron chi connectivity index (χ4n) is 2.07. The van der Waals surface area contributed by atoms with Crippen molar-refractivity contribution in [2.75, 3.05) is 13.2 Å². The zero-order chi connectivity index (χ0) is 17.7. The smallest absolute Gasteiger partial charge is 0.493 e. The van der Waals surface area contributed by atoms with Gasteiger partial charge >= 0.3 is 6.36 Å². The first-order valence-corrected chi connectivity index (χ1v) is 7.54. The van der Waals surface area contributed by atoms with Gasteiger partial charge in [0.1, 0.15) is 11.5 Å². The van der Waals surface area contributed by atoms with E-state index in [0.29, 0.717) is 31.0 Å². The highest BCUT2D eigenvalue weighted by atomic mass is 35.5. The van der Waals surface area contributed by atoms with Crippen LogP contribution in [-0.2, 0) is 6.54 Å². The lowest BCUT2D eigenvalue weighted by Crippen LogP contribution is -2.17. The van der Waals surface area contributed by atoms with Crippen molar-refractivity contribution in [3.63, 3.8) is 0 Å². The van der Waals surface area contributed by atoms with E-state index in [1.165, 1.54) is 18.2 Å². The van der Waals surface area contributed by atoms with E-state index in [0.717, 1.165) is 5.56 Å². The van der Waals surface area contributed by atoms with Crippen LogP contribution in [0.25, 0.3) is 11.1 Å². The van der Waals surface area contributed by atoms with Gasteiger partial charge < -0.3 is 15.2 Å². The van der Waals surface area contributed by atoms with Gasteiger partial charge in [0, 0.05) is 29.9 Å². The van der Waals surface area contributed by atoms with Crippen LogP contribution < -0.4 is 15.2 Å². The Morgan fingerprint density at radius 2 is 2.00 bits per heavy atom. The Morgan fingerprint density at radius 1 is 1.28 bits per heavy atom. The predicted molar refractivity (Wildman–Crippen MR) is 91.0 cm³/mol. The first-order chi connectivity index (χ1) is 11.3. The molecule has 9 heteroatoms. The quantitative estimate of drug-likeness (QED) is 0.793. The monoisotopic (exact) mass is 379 g/mol. The standard InChI is InChI=1S/C16H20F3N3O2.ClH/c1-11(2)10-23-15-7-13(24-16(17,18)19)3-4-14(15)12-8-21-22(9-12)6-5-20;/h3-4,7-9,11H,5-6,10,20H2,1-2H3;1H. The molecule has 0 bridgehead atoms. The highest BCUT2D eigenvalue weighted by molar-refractivity contribution is 5.85. The van der Waals surface area contributed by atoms with Gasteiger partial charge in [-0.3, -0.25) is 4.68 Å². The van der Waals surface area contributed by atoms with Crippen LogP contribution >= 0.6 is 12.4 Å². The molecule has 2 rings (SSSR count). The maximum atomic E-state index is 12.4. The van der Waals surface area contributed by atoms with Crippen LogP contribution in [0.3, 0.4) is 0 Å². The summed E-state index contributed by atoms with van der Waals surface area (Å²) in [6.45, 7) is 5.27. The molecular formula is C16H21ClF3N3O2. The average Bonchev–Trinajstić information content (AvgIpc) is 2.92. The van der Waals surface area contributed by atoms with Crippen LogP contribution in [0.1, 0.15) is 13.8 Å². The zero-order valence-electron chi connectivity index (χ0n) is 13.9. The normalized spacial score (nSPS) is 11.3. The van der Waals surface area contributed by atoms with Gasteiger partial charge in [-0.05, 0) is 18.1 Å². The lowest BCUT2D eigenvalue weighted by molar-refractivity contribution is -0.274. The summed E-state index contributed by atoms with van der Waals surface area (Å²) in [7, 11) is 0. The third-order valence-corrected chi connectivity index (χ3v) is 3.06. The average molecular weight is 380 g/mol. The summed E-state index contributed by atoms with van der Waals surface area (Å²) in [5.74, 6) is 0.224. The summed E-state index contributed by atoms with van der Waals surface area (Å²) in [4.78, 5) is 0. The summed E-state index contributed by atoms with van der Waals surface area (Å²) >= 11 is 0. The molecule has 5 nitrogen and oxygen atoms in total. The van der Waals surface area contributed by atoms with Gasteiger partial charge in [-0.25, -0.2) is 0 Å². The van der Waals surface area contributed by atoms with Crippen molar-refractivity contribution >= 4 is 12.4 Å². The van der Waals surface area contributed by atoms with Crippen molar-refractivity contribution < 1.29 is 22.6 Å². The van der Waals surface area contributed by atoms with E-state index in [-0.39, 0.29) is 24.1 Å². The zero-order valence-corrected chi connectivity index (χ0v) is 14.7. The van der Waals surface area contributed by atoms with Crippen molar-refractivity contribution in [3.8, 4) is 22.6 Å². The largest absolute Gasteiger partial charge is 0.573 e. The highest BCUT2D eigenvalue weighted by Crippen LogP contribution is 2.35. The van der Waals surface area contributed by atoms with Gasteiger partial charge in [0.2, 0.25) is 0 Å². The number of hydrogen-bond acceptors (Lipinski definition) is 4. The van der Waals surface area contributed by atoms with Crippen molar-refractivity contribution in [1.29, 1.82) is 0 Å². The highest BCUT2D eigenvalue weighted by Gasteiger charge is 2.31. The fraction of sp³-hybridized carbons (Fsp3) is 0.438. The molecule has 0 fully saturated rings. The summed E-state index contributed by atoms with van der Waals surface area (Å²) in [5, 5.41) is 4.17. The number of rotatable bonds is 7. The molecule has 1 aromatic heterocycles. The third-order valence-electron chi connectivity index (χ3n) is 3.06. The van der Waals surface area contributed by atoms with E-state index in [9.17, 15) is 13.2 Å². The summed E-state index contributed by atoms with van der Waals surface area (Å²) < 4.78 is 48.5. The van der Waals surface area contributed by atoms with Crippen molar-refractivity contribution in [1.82, 2.24) is 9.78 Å². The summed E-state index contributed by atoms with van der Waals surface area (Å²) in [6.07, 6.45) is -1.35. The molecule has 0 amide bonds. The molecule has 1 aromatic carbocycles. The third kappa shape index (κ3) is 6.47. The number of benzene rings is 1. The first-order valence-electron chi connectivity index (χ1n) is 7.54. The van der Waals surface area contributed by atoms with E-state index < -0.39 is 6.36 Å². The SMILES string of the molecule is CC(C)COc1cc(OC(F)(F)F)ccc1-c1cnn(CCN)c1.Cl. The Bertz CT molecular complexity index is 675. The molecule has 0 unspecified atom stereocenters. The number of aromatic nitrogens is 2. The molecule has 25 heavy (non-hydrogen) atoms. The topological polar surface area (TPSA) is 62.3 Å². The Hall–Kier alpha value is -1.93. The molecule has 2 N–H and O–H groups in total. The molecule has 0 radical (unpaired) electrons. The number of alkyl halides is 3. The number of halogens is 4. The molecule has 0 spiro atoms. The van der Waals surface area contributed by atoms with Gasteiger partial charge in [-0.1, -0.05) is 13.8 Å². The van der Waals surface area contributed by atoms with Crippen molar-refractivity contribution in [2.45, 2.75) is 26.8 Å². The maximum absolute atomic E-state index is 12.4. The molecule has 0 aliphatic rings. The first kappa shape index (κ1) is 21.1. The molecule has 1 heterocycles. The second kappa shape index (κ2) is 8.96. The maximum Gasteiger partial charge on any atom is 0.573 e. The van der Waals surface area contributed by atoms with Crippen LogP contribution in [0.4, 0.5) is 13.2 Å². The molecule has 2 aromatic rings. The summed E-state index contributed by atoms with van der Waals surface area (Å²) in [5.41, 5.74) is 6.87. The Balaban J connectivity index is 0.00000312.